The maximum Gasteiger partial charge on any atom is 0.255 e. The number of morpholine rings is 1. The summed E-state index contributed by atoms with van der Waals surface area (Å²) in [5, 5.41) is 3.59. The molecule has 6 heteroatoms. The van der Waals surface area contributed by atoms with Gasteiger partial charge in [-0.05, 0) is 50.2 Å². The van der Waals surface area contributed by atoms with Gasteiger partial charge in [0, 0.05) is 18.7 Å². The summed E-state index contributed by atoms with van der Waals surface area (Å²) >= 11 is 6.41. The van der Waals surface area contributed by atoms with Crippen molar-refractivity contribution < 1.29 is 14.3 Å². The molecule has 1 N–H and O–H groups in total. The molecule has 26 heavy (non-hydrogen) atoms. The lowest BCUT2D eigenvalue weighted by molar-refractivity contribution is 0.102. The number of rotatable bonds is 5. The summed E-state index contributed by atoms with van der Waals surface area (Å²) in [4.78, 5) is 14.8. The Kier molecular flexibility index (Phi) is 6.01. The van der Waals surface area contributed by atoms with Gasteiger partial charge in [-0.25, -0.2) is 0 Å². The zero-order valence-electron chi connectivity index (χ0n) is 15.0. The van der Waals surface area contributed by atoms with Crippen molar-refractivity contribution in [1.82, 2.24) is 0 Å². The smallest absolute Gasteiger partial charge is 0.255 e. The molecular formula is C20H23ClN2O3. The van der Waals surface area contributed by atoms with E-state index in [0.29, 0.717) is 29.5 Å². The highest BCUT2D eigenvalue weighted by Crippen LogP contribution is 2.34. The van der Waals surface area contributed by atoms with Crippen LogP contribution in [0.2, 0.25) is 5.02 Å². The predicted octanol–water partition coefficient (Wildman–Crippen LogP) is 4.22. The second kappa shape index (κ2) is 8.43. The van der Waals surface area contributed by atoms with Crippen molar-refractivity contribution in [2.45, 2.75) is 20.0 Å². The summed E-state index contributed by atoms with van der Waals surface area (Å²) in [5.41, 5.74) is 2.10. The molecule has 0 saturated carbocycles. The molecule has 0 atom stereocenters. The largest absolute Gasteiger partial charge is 0.491 e. The average molecular weight is 375 g/mol. The van der Waals surface area contributed by atoms with Crippen LogP contribution in [0.3, 0.4) is 0 Å². The topological polar surface area (TPSA) is 50.8 Å². The Labute approximate surface area is 158 Å². The Morgan fingerprint density at radius 3 is 2.50 bits per heavy atom. The van der Waals surface area contributed by atoms with Crippen molar-refractivity contribution in [3.8, 4) is 5.75 Å². The molecule has 1 heterocycles. The van der Waals surface area contributed by atoms with Crippen LogP contribution < -0.4 is 15.0 Å². The fraction of sp³-hybridized carbons (Fsp3) is 0.350. The monoisotopic (exact) mass is 374 g/mol. The lowest BCUT2D eigenvalue weighted by Crippen LogP contribution is -2.37. The number of halogens is 1. The standard InChI is InChI=1S/C20H23ClN2O3/c1-14(2)26-16-8-6-15(7-9-16)20(24)22-18-5-3-4-17(21)19(18)23-10-12-25-13-11-23/h3-9,14H,10-13H2,1-2H3,(H,22,24). The van der Waals surface area contributed by atoms with Crippen LogP contribution in [-0.2, 0) is 4.74 Å². The lowest BCUT2D eigenvalue weighted by Gasteiger charge is -2.31. The van der Waals surface area contributed by atoms with Crippen LogP contribution in [0.25, 0.3) is 0 Å². The third-order valence-electron chi connectivity index (χ3n) is 4.05. The van der Waals surface area contributed by atoms with E-state index in [1.54, 1.807) is 24.3 Å². The van der Waals surface area contributed by atoms with E-state index in [4.69, 9.17) is 21.1 Å². The van der Waals surface area contributed by atoms with Gasteiger partial charge in [-0.15, -0.1) is 0 Å². The molecule has 138 valence electrons. The number of hydrogen-bond donors (Lipinski definition) is 1. The first-order valence-electron chi connectivity index (χ1n) is 8.74. The second-order valence-electron chi connectivity index (χ2n) is 6.38. The van der Waals surface area contributed by atoms with E-state index in [1.807, 2.05) is 32.0 Å². The van der Waals surface area contributed by atoms with Crippen LogP contribution in [0, 0.1) is 0 Å². The minimum atomic E-state index is -0.183. The highest BCUT2D eigenvalue weighted by Gasteiger charge is 2.19. The molecule has 0 spiro atoms. The maximum atomic E-state index is 12.7. The van der Waals surface area contributed by atoms with Crippen molar-refractivity contribution >= 4 is 28.9 Å². The molecule has 0 radical (unpaired) electrons. The molecule has 1 amide bonds. The summed E-state index contributed by atoms with van der Waals surface area (Å²) in [7, 11) is 0. The van der Waals surface area contributed by atoms with E-state index in [-0.39, 0.29) is 12.0 Å². The highest BCUT2D eigenvalue weighted by atomic mass is 35.5. The molecule has 2 aromatic rings. The first kappa shape index (κ1) is 18.5. The second-order valence-corrected chi connectivity index (χ2v) is 6.79. The Hall–Kier alpha value is -2.24. The minimum Gasteiger partial charge on any atom is -0.491 e. The Morgan fingerprint density at radius 1 is 1.15 bits per heavy atom. The summed E-state index contributed by atoms with van der Waals surface area (Å²) in [5.74, 6) is 0.561. The third-order valence-corrected chi connectivity index (χ3v) is 4.36. The Bertz CT molecular complexity index is 756. The molecule has 0 bridgehead atoms. The van der Waals surface area contributed by atoms with Gasteiger partial charge in [0.05, 0.1) is 35.7 Å². The van der Waals surface area contributed by atoms with E-state index in [2.05, 4.69) is 10.2 Å². The molecule has 1 fully saturated rings. The number of anilines is 2. The number of ether oxygens (including phenoxy) is 2. The molecular weight excluding hydrogens is 352 g/mol. The van der Waals surface area contributed by atoms with Gasteiger partial charge in [-0.3, -0.25) is 4.79 Å². The van der Waals surface area contributed by atoms with Gasteiger partial charge in [0.25, 0.3) is 5.91 Å². The molecule has 0 aliphatic carbocycles. The molecule has 0 unspecified atom stereocenters. The summed E-state index contributed by atoms with van der Waals surface area (Å²) < 4.78 is 11.0. The average Bonchev–Trinajstić information content (AvgIpc) is 2.62. The first-order valence-corrected chi connectivity index (χ1v) is 9.11. The van der Waals surface area contributed by atoms with Gasteiger partial charge >= 0.3 is 0 Å². The van der Waals surface area contributed by atoms with Crippen LogP contribution in [0.4, 0.5) is 11.4 Å². The predicted molar refractivity (Wildman–Crippen MR) is 105 cm³/mol. The van der Waals surface area contributed by atoms with Crippen molar-refractivity contribution in [3.63, 3.8) is 0 Å². The zero-order chi connectivity index (χ0) is 18.5. The molecule has 3 rings (SSSR count). The van der Waals surface area contributed by atoms with Gasteiger partial charge in [-0.2, -0.15) is 0 Å². The van der Waals surface area contributed by atoms with E-state index < -0.39 is 0 Å². The number of carbonyl (C=O) groups is 1. The van der Waals surface area contributed by atoms with Gasteiger partial charge in [0.15, 0.2) is 0 Å². The van der Waals surface area contributed by atoms with Crippen molar-refractivity contribution in [2.75, 3.05) is 36.5 Å². The quantitative estimate of drug-likeness (QED) is 0.851. The maximum absolute atomic E-state index is 12.7. The number of nitrogens with one attached hydrogen (secondary N) is 1. The van der Waals surface area contributed by atoms with E-state index in [1.165, 1.54) is 0 Å². The summed E-state index contributed by atoms with van der Waals surface area (Å²) in [6.45, 7) is 6.72. The number of para-hydroxylation sites is 1. The molecule has 1 aliphatic heterocycles. The number of amides is 1. The van der Waals surface area contributed by atoms with Gasteiger partial charge in [-0.1, -0.05) is 17.7 Å². The number of benzene rings is 2. The molecule has 2 aromatic carbocycles. The van der Waals surface area contributed by atoms with Crippen LogP contribution in [0.1, 0.15) is 24.2 Å². The molecule has 0 aromatic heterocycles. The SMILES string of the molecule is CC(C)Oc1ccc(C(=O)Nc2cccc(Cl)c2N2CCOCC2)cc1. The summed E-state index contributed by atoms with van der Waals surface area (Å²) in [6, 6.07) is 12.6. The molecule has 5 nitrogen and oxygen atoms in total. The highest BCUT2D eigenvalue weighted by molar-refractivity contribution is 6.34. The fourth-order valence-corrected chi connectivity index (χ4v) is 3.17. The van der Waals surface area contributed by atoms with Crippen molar-refractivity contribution in [1.29, 1.82) is 0 Å². The van der Waals surface area contributed by atoms with E-state index >= 15 is 0 Å². The zero-order valence-corrected chi connectivity index (χ0v) is 15.8. The fourth-order valence-electron chi connectivity index (χ4n) is 2.88. The van der Waals surface area contributed by atoms with E-state index in [9.17, 15) is 4.79 Å². The minimum absolute atomic E-state index is 0.0946. The van der Waals surface area contributed by atoms with Crippen LogP contribution in [-0.4, -0.2) is 38.3 Å². The molecule has 1 saturated heterocycles. The van der Waals surface area contributed by atoms with Gasteiger partial charge < -0.3 is 19.7 Å². The number of carbonyl (C=O) groups excluding carboxylic acids is 1. The number of nitrogens with zero attached hydrogens (tertiary/aromatic N) is 1. The third kappa shape index (κ3) is 4.48. The Balaban J connectivity index is 1.78. The van der Waals surface area contributed by atoms with E-state index in [0.717, 1.165) is 24.5 Å². The lowest BCUT2D eigenvalue weighted by atomic mass is 10.1. The molecule has 1 aliphatic rings. The number of hydrogen-bond acceptors (Lipinski definition) is 4. The normalized spacial score (nSPS) is 14.4. The van der Waals surface area contributed by atoms with Gasteiger partial charge in [0.2, 0.25) is 0 Å². The van der Waals surface area contributed by atoms with Crippen LogP contribution in [0.15, 0.2) is 42.5 Å². The van der Waals surface area contributed by atoms with Crippen LogP contribution >= 0.6 is 11.6 Å². The van der Waals surface area contributed by atoms with Crippen molar-refractivity contribution in [2.24, 2.45) is 0 Å². The summed E-state index contributed by atoms with van der Waals surface area (Å²) in [6.07, 6.45) is 0.0946. The van der Waals surface area contributed by atoms with Gasteiger partial charge in [0.1, 0.15) is 5.75 Å². The van der Waals surface area contributed by atoms with Crippen LogP contribution in [0.5, 0.6) is 5.75 Å². The Morgan fingerprint density at radius 2 is 1.85 bits per heavy atom. The van der Waals surface area contributed by atoms with Crippen molar-refractivity contribution in [3.05, 3.63) is 53.1 Å². The first-order chi connectivity index (χ1) is 12.5.